The van der Waals surface area contributed by atoms with Crippen LogP contribution >= 0.6 is 11.3 Å². The van der Waals surface area contributed by atoms with E-state index in [2.05, 4.69) is 15.0 Å². The maximum absolute atomic E-state index is 11.5. The topological polar surface area (TPSA) is 75.7 Å². The highest BCUT2D eigenvalue weighted by molar-refractivity contribution is 7.90. The van der Waals surface area contributed by atoms with E-state index in [1.54, 1.807) is 35.7 Å². The number of nitrogens with one attached hydrogen (secondary N) is 1. The number of hydrogen-bond acceptors (Lipinski definition) is 5. The minimum Gasteiger partial charge on any atom is -0.337 e. The number of aromatic nitrogens is 3. The molecule has 2 heterocycles. The molecule has 5 nitrogen and oxygen atoms in total. The Morgan fingerprint density at radius 1 is 1.32 bits per heavy atom. The van der Waals surface area contributed by atoms with Crippen LogP contribution in [0.3, 0.4) is 0 Å². The second-order valence-corrected chi connectivity index (χ2v) is 7.53. The summed E-state index contributed by atoms with van der Waals surface area (Å²) in [6, 6.07) is 4.88. The number of thiazole rings is 1. The molecular weight excluding hydrogens is 282 g/mol. The monoisotopic (exact) mass is 293 g/mol. The van der Waals surface area contributed by atoms with Crippen molar-refractivity contribution in [3.05, 3.63) is 29.4 Å². The van der Waals surface area contributed by atoms with Crippen molar-refractivity contribution < 1.29 is 8.42 Å². The van der Waals surface area contributed by atoms with Gasteiger partial charge in [0.2, 0.25) is 0 Å². The minimum atomic E-state index is -3.20. The molecule has 0 radical (unpaired) electrons. The largest absolute Gasteiger partial charge is 0.337 e. The zero-order chi connectivity index (χ0) is 13.6. The first-order valence-corrected chi connectivity index (χ1v) is 8.27. The van der Waals surface area contributed by atoms with E-state index in [4.69, 9.17) is 0 Å². The summed E-state index contributed by atoms with van der Waals surface area (Å²) in [7, 11) is -3.20. The number of hydrogen-bond donors (Lipinski definition) is 1. The van der Waals surface area contributed by atoms with Crippen molar-refractivity contribution >= 4 is 32.2 Å². The predicted octanol–water partition coefficient (Wildman–Crippen LogP) is 2.40. The Morgan fingerprint density at radius 2 is 2.11 bits per heavy atom. The number of imidazole rings is 1. The van der Waals surface area contributed by atoms with Crippen LogP contribution in [0.2, 0.25) is 0 Å². The molecule has 0 aliphatic rings. The fraction of sp³-hybridized carbons (Fsp3) is 0.167. The Hall–Kier alpha value is -1.73. The predicted molar refractivity (Wildman–Crippen MR) is 75.0 cm³/mol. The Labute approximate surface area is 114 Å². The van der Waals surface area contributed by atoms with E-state index in [9.17, 15) is 8.42 Å². The lowest BCUT2D eigenvalue weighted by atomic mass is 10.3. The molecule has 1 aromatic carbocycles. The number of rotatable bonds is 2. The van der Waals surface area contributed by atoms with Gasteiger partial charge < -0.3 is 4.98 Å². The first kappa shape index (κ1) is 12.3. The van der Waals surface area contributed by atoms with Gasteiger partial charge in [-0.25, -0.2) is 18.4 Å². The molecule has 0 spiro atoms. The van der Waals surface area contributed by atoms with Crippen LogP contribution in [0.5, 0.6) is 0 Å². The van der Waals surface area contributed by atoms with Gasteiger partial charge in [-0.1, -0.05) is 0 Å². The fourth-order valence-corrected chi connectivity index (χ4v) is 3.18. The average Bonchev–Trinajstić information content (AvgIpc) is 2.92. The van der Waals surface area contributed by atoms with Crippen molar-refractivity contribution in [2.24, 2.45) is 0 Å². The highest BCUT2D eigenvalue weighted by atomic mass is 32.2. The first-order chi connectivity index (χ1) is 8.93. The van der Waals surface area contributed by atoms with Crippen LogP contribution in [-0.2, 0) is 9.84 Å². The molecule has 3 aromatic rings. The molecule has 3 rings (SSSR count). The number of benzene rings is 1. The van der Waals surface area contributed by atoms with Crippen molar-refractivity contribution in [3.63, 3.8) is 0 Å². The first-order valence-electron chi connectivity index (χ1n) is 5.56. The van der Waals surface area contributed by atoms with Gasteiger partial charge in [0, 0.05) is 12.5 Å². The highest BCUT2D eigenvalue weighted by Crippen LogP contribution is 2.26. The zero-order valence-electron chi connectivity index (χ0n) is 10.3. The molecule has 7 heteroatoms. The molecular formula is C12H11N3O2S2. The summed E-state index contributed by atoms with van der Waals surface area (Å²) >= 11 is 1.54. The van der Waals surface area contributed by atoms with Crippen LogP contribution < -0.4 is 0 Å². The smallest absolute Gasteiger partial charge is 0.175 e. The van der Waals surface area contributed by atoms with E-state index in [1.165, 1.54) is 6.26 Å². The Kier molecular flexibility index (Phi) is 2.68. The summed E-state index contributed by atoms with van der Waals surface area (Å²) in [6.07, 6.45) is 2.95. The normalized spacial score (nSPS) is 12.1. The third-order valence-electron chi connectivity index (χ3n) is 2.74. The van der Waals surface area contributed by atoms with Crippen molar-refractivity contribution in [3.8, 4) is 10.7 Å². The van der Waals surface area contributed by atoms with E-state index in [0.29, 0.717) is 11.3 Å². The van der Waals surface area contributed by atoms with Crippen molar-refractivity contribution in [1.82, 2.24) is 15.0 Å². The molecule has 0 saturated carbocycles. The lowest BCUT2D eigenvalue weighted by Crippen LogP contribution is -1.96. The van der Waals surface area contributed by atoms with Gasteiger partial charge in [-0.3, -0.25) is 0 Å². The molecule has 2 aromatic heterocycles. The van der Waals surface area contributed by atoms with Gasteiger partial charge in [0.25, 0.3) is 0 Å². The minimum absolute atomic E-state index is 0.288. The number of H-pyrrole nitrogens is 1. The van der Waals surface area contributed by atoms with Crippen LogP contribution in [0.4, 0.5) is 0 Å². The van der Waals surface area contributed by atoms with Gasteiger partial charge >= 0.3 is 0 Å². The Bertz CT molecular complexity index is 862. The van der Waals surface area contributed by atoms with Crippen LogP contribution in [0.1, 0.15) is 5.01 Å². The molecule has 0 bridgehead atoms. The number of sulfone groups is 1. The molecule has 0 aliphatic heterocycles. The maximum atomic E-state index is 11.5. The van der Waals surface area contributed by atoms with E-state index in [-0.39, 0.29) is 4.90 Å². The van der Waals surface area contributed by atoms with Crippen LogP contribution in [0, 0.1) is 6.92 Å². The molecule has 1 N–H and O–H groups in total. The molecule has 0 fully saturated rings. The second-order valence-electron chi connectivity index (χ2n) is 4.28. The second kappa shape index (κ2) is 4.14. The number of aryl methyl sites for hydroxylation is 1. The van der Waals surface area contributed by atoms with E-state index < -0.39 is 9.84 Å². The highest BCUT2D eigenvalue weighted by Gasteiger charge is 2.12. The molecule has 0 saturated heterocycles. The molecule has 0 amide bonds. The average molecular weight is 293 g/mol. The SMILES string of the molecule is Cc1ncc(-c2nc3ccc(S(C)(=O)=O)cc3[nH]2)s1. The van der Waals surface area contributed by atoms with Gasteiger partial charge in [-0.05, 0) is 25.1 Å². The summed E-state index contributed by atoms with van der Waals surface area (Å²) in [5, 5.41) is 0.965. The molecule has 0 atom stereocenters. The van der Waals surface area contributed by atoms with Crippen LogP contribution in [0.25, 0.3) is 21.7 Å². The summed E-state index contributed by atoms with van der Waals surface area (Å²) in [6.45, 7) is 1.93. The third-order valence-corrected chi connectivity index (χ3v) is 4.77. The number of fused-ring (bicyclic) bond motifs is 1. The molecule has 19 heavy (non-hydrogen) atoms. The quantitative estimate of drug-likeness (QED) is 0.787. The van der Waals surface area contributed by atoms with E-state index >= 15 is 0 Å². The van der Waals surface area contributed by atoms with Crippen molar-refractivity contribution in [2.75, 3.05) is 6.26 Å². The van der Waals surface area contributed by atoms with Crippen LogP contribution in [-0.4, -0.2) is 29.6 Å². The van der Waals surface area contributed by atoms with Crippen molar-refractivity contribution in [1.29, 1.82) is 0 Å². The summed E-state index contributed by atoms with van der Waals surface area (Å²) < 4.78 is 23.0. The van der Waals surface area contributed by atoms with Gasteiger partial charge in [-0.2, -0.15) is 0 Å². The third kappa shape index (κ3) is 2.26. The molecule has 0 unspecified atom stereocenters. The van der Waals surface area contributed by atoms with Gasteiger partial charge in [0.1, 0.15) is 5.82 Å². The van der Waals surface area contributed by atoms with Gasteiger partial charge in [-0.15, -0.1) is 11.3 Å². The fourth-order valence-electron chi connectivity index (χ4n) is 1.81. The Morgan fingerprint density at radius 3 is 2.74 bits per heavy atom. The standard InChI is InChI=1S/C12H11N3O2S2/c1-7-13-6-11(18-7)12-14-9-4-3-8(19(2,16)17)5-10(9)15-12/h3-6H,1-2H3,(H,14,15). The van der Waals surface area contributed by atoms with E-state index in [1.807, 2.05) is 6.92 Å². The van der Waals surface area contributed by atoms with Gasteiger partial charge in [0.15, 0.2) is 9.84 Å². The van der Waals surface area contributed by atoms with Crippen LogP contribution in [0.15, 0.2) is 29.3 Å². The summed E-state index contributed by atoms with van der Waals surface area (Å²) in [5.74, 6) is 0.714. The molecule has 0 aliphatic carbocycles. The Balaban J connectivity index is 2.16. The molecule has 98 valence electrons. The number of nitrogens with zero attached hydrogens (tertiary/aromatic N) is 2. The van der Waals surface area contributed by atoms with Crippen molar-refractivity contribution in [2.45, 2.75) is 11.8 Å². The summed E-state index contributed by atoms with van der Waals surface area (Å²) in [5.41, 5.74) is 1.46. The van der Waals surface area contributed by atoms with E-state index in [0.717, 1.165) is 15.4 Å². The summed E-state index contributed by atoms with van der Waals surface area (Å²) in [4.78, 5) is 13.0. The lowest BCUT2D eigenvalue weighted by Gasteiger charge is -1.96. The lowest BCUT2D eigenvalue weighted by molar-refractivity contribution is 0.602. The number of aromatic amines is 1. The van der Waals surface area contributed by atoms with Gasteiger partial charge in [0.05, 0.1) is 25.8 Å². The maximum Gasteiger partial charge on any atom is 0.175 e. The zero-order valence-corrected chi connectivity index (χ0v) is 12.0.